The second kappa shape index (κ2) is 7.32. The number of nitrogens with one attached hydrogen (secondary N) is 1. The van der Waals surface area contributed by atoms with Crippen LogP contribution in [0.5, 0.6) is 0 Å². The molecule has 0 spiro atoms. The van der Waals surface area contributed by atoms with E-state index in [0.29, 0.717) is 22.5 Å². The number of hydrogen-bond donors (Lipinski definition) is 1. The van der Waals surface area contributed by atoms with Crippen LogP contribution in [0.25, 0.3) is 10.6 Å². The van der Waals surface area contributed by atoms with Crippen LogP contribution in [-0.2, 0) is 6.18 Å². The molecule has 0 radical (unpaired) electrons. The van der Waals surface area contributed by atoms with Gasteiger partial charge in [-0.25, -0.2) is 4.98 Å². The number of carbonyl (C=O) groups excluding carboxylic acids is 2. The largest absolute Gasteiger partial charge is 0.435 e. The Bertz CT molecular complexity index is 998. The van der Waals surface area contributed by atoms with Crippen LogP contribution >= 0.6 is 11.3 Å². The second-order valence-electron chi connectivity index (χ2n) is 5.65. The summed E-state index contributed by atoms with van der Waals surface area (Å²) >= 11 is 0.667. The van der Waals surface area contributed by atoms with Crippen molar-refractivity contribution >= 4 is 28.7 Å². The van der Waals surface area contributed by atoms with Crippen LogP contribution in [0.15, 0.2) is 54.6 Å². The van der Waals surface area contributed by atoms with Gasteiger partial charge in [-0.3, -0.25) is 9.59 Å². The smallest absolute Gasteiger partial charge is 0.321 e. The van der Waals surface area contributed by atoms with Crippen LogP contribution in [0.4, 0.5) is 18.9 Å². The molecule has 0 bridgehead atoms. The van der Waals surface area contributed by atoms with Crippen molar-refractivity contribution in [1.82, 2.24) is 4.98 Å². The molecule has 2 aromatic carbocycles. The summed E-state index contributed by atoms with van der Waals surface area (Å²) in [5, 5.41) is 2.51. The fourth-order valence-corrected chi connectivity index (χ4v) is 3.36. The van der Waals surface area contributed by atoms with E-state index in [-0.39, 0.29) is 16.5 Å². The van der Waals surface area contributed by atoms with Gasteiger partial charge < -0.3 is 5.32 Å². The summed E-state index contributed by atoms with van der Waals surface area (Å²) in [6.07, 6.45) is -4.77. The van der Waals surface area contributed by atoms with E-state index in [1.165, 1.54) is 19.1 Å². The number of rotatable bonds is 4. The molecule has 0 unspecified atom stereocenters. The van der Waals surface area contributed by atoms with Crippen LogP contribution in [-0.4, -0.2) is 16.7 Å². The summed E-state index contributed by atoms with van der Waals surface area (Å²) in [5.41, 5.74) is -0.161. The number of Topliss-reactive ketones (excluding diaryl/α,β-unsaturated/α-hetero) is 1. The van der Waals surface area contributed by atoms with Gasteiger partial charge >= 0.3 is 6.18 Å². The molecule has 1 N–H and O–H groups in total. The zero-order valence-electron chi connectivity index (χ0n) is 14.0. The Morgan fingerprint density at radius 3 is 2.37 bits per heavy atom. The van der Waals surface area contributed by atoms with Gasteiger partial charge in [0.2, 0.25) is 0 Å². The molecule has 0 saturated heterocycles. The minimum atomic E-state index is -4.77. The van der Waals surface area contributed by atoms with E-state index < -0.39 is 22.7 Å². The van der Waals surface area contributed by atoms with E-state index in [1.807, 2.05) is 0 Å². The Morgan fingerprint density at radius 1 is 1.04 bits per heavy atom. The molecule has 0 aliphatic heterocycles. The number of benzene rings is 2. The molecule has 0 atom stereocenters. The van der Waals surface area contributed by atoms with Gasteiger partial charge in [0.1, 0.15) is 9.88 Å². The van der Waals surface area contributed by atoms with Crippen molar-refractivity contribution in [3.8, 4) is 10.6 Å². The number of amides is 1. The van der Waals surface area contributed by atoms with E-state index in [0.717, 1.165) is 0 Å². The third-order valence-corrected chi connectivity index (χ3v) is 4.75. The Hall–Kier alpha value is -3.00. The number of halogens is 3. The minimum Gasteiger partial charge on any atom is -0.321 e. The summed E-state index contributed by atoms with van der Waals surface area (Å²) in [6.45, 7) is 1.36. The highest BCUT2D eigenvalue weighted by Gasteiger charge is 2.39. The maximum absolute atomic E-state index is 13.4. The van der Waals surface area contributed by atoms with Crippen LogP contribution in [0, 0.1) is 0 Å². The third kappa shape index (κ3) is 4.22. The van der Waals surface area contributed by atoms with Gasteiger partial charge in [-0.15, -0.1) is 11.3 Å². The first-order chi connectivity index (χ1) is 12.8. The minimum absolute atomic E-state index is 0.102. The predicted molar refractivity (Wildman–Crippen MR) is 97.0 cm³/mol. The van der Waals surface area contributed by atoms with Gasteiger partial charge in [0.25, 0.3) is 5.91 Å². The molecule has 1 heterocycles. The first kappa shape index (κ1) is 18.8. The van der Waals surface area contributed by atoms with E-state index in [1.54, 1.807) is 42.5 Å². The number of carbonyl (C=O) groups is 2. The standard InChI is InChI=1S/C19H13F3N2O2S/c1-11(25)13-8-5-9-14(10-13)23-17(26)15-16(19(20,21)22)24-18(27-15)12-6-3-2-4-7-12/h2-10H,1H3,(H,23,26). The lowest BCUT2D eigenvalue weighted by Gasteiger charge is -2.08. The van der Waals surface area contributed by atoms with Crippen LogP contribution in [0.3, 0.4) is 0 Å². The highest BCUT2D eigenvalue weighted by molar-refractivity contribution is 7.17. The Kier molecular flexibility index (Phi) is 5.09. The molecule has 1 amide bonds. The van der Waals surface area contributed by atoms with Gasteiger partial charge in [-0.2, -0.15) is 13.2 Å². The topological polar surface area (TPSA) is 59.1 Å². The van der Waals surface area contributed by atoms with Crippen LogP contribution in [0.2, 0.25) is 0 Å². The van der Waals surface area contributed by atoms with E-state index in [2.05, 4.69) is 10.3 Å². The normalized spacial score (nSPS) is 11.3. The summed E-state index contributed by atoms with van der Waals surface area (Å²) < 4.78 is 40.1. The first-order valence-electron chi connectivity index (χ1n) is 7.81. The lowest BCUT2D eigenvalue weighted by atomic mass is 10.1. The summed E-state index contributed by atoms with van der Waals surface area (Å²) in [5.74, 6) is -1.14. The maximum Gasteiger partial charge on any atom is 0.435 e. The number of thiazole rings is 1. The maximum atomic E-state index is 13.4. The van der Waals surface area contributed by atoms with Gasteiger partial charge in [-0.05, 0) is 19.1 Å². The Morgan fingerprint density at radius 2 is 1.74 bits per heavy atom. The zero-order chi connectivity index (χ0) is 19.6. The molecular weight excluding hydrogens is 377 g/mol. The van der Waals surface area contributed by atoms with E-state index >= 15 is 0 Å². The molecule has 1 aromatic heterocycles. The lowest BCUT2D eigenvalue weighted by molar-refractivity contribution is -0.141. The van der Waals surface area contributed by atoms with Gasteiger partial charge in [0, 0.05) is 16.8 Å². The molecule has 8 heteroatoms. The highest BCUT2D eigenvalue weighted by atomic mass is 32.1. The van der Waals surface area contributed by atoms with Crippen molar-refractivity contribution in [3.05, 3.63) is 70.7 Å². The molecule has 0 aliphatic rings. The number of ketones is 1. The Balaban J connectivity index is 1.97. The molecule has 27 heavy (non-hydrogen) atoms. The SMILES string of the molecule is CC(=O)c1cccc(NC(=O)c2sc(-c3ccccc3)nc2C(F)(F)F)c1. The van der Waals surface area contributed by atoms with Crippen molar-refractivity contribution in [2.75, 3.05) is 5.32 Å². The highest BCUT2D eigenvalue weighted by Crippen LogP contribution is 2.38. The number of alkyl halides is 3. The predicted octanol–water partition coefficient (Wildman–Crippen LogP) is 5.28. The number of anilines is 1. The van der Waals surface area contributed by atoms with Crippen molar-refractivity contribution in [3.63, 3.8) is 0 Å². The molecule has 0 aliphatic carbocycles. The second-order valence-corrected chi connectivity index (χ2v) is 6.65. The van der Waals surface area contributed by atoms with Crippen molar-refractivity contribution in [2.24, 2.45) is 0 Å². The van der Waals surface area contributed by atoms with E-state index in [4.69, 9.17) is 0 Å². The average molecular weight is 390 g/mol. The number of aromatic nitrogens is 1. The fourth-order valence-electron chi connectivity index (χ4n) is 2.37. The van der Waals surface area contributed by atoms with Gasteiger partial charge in [0.05, 0.1) is 0 Å². The number of nitrogens with zero attached hydrogens (tertiary/aromatic N) is 1. The molecule has 3 rings (SSSR count). The van der Waals surface area contributed by atoms with Crippen molar-refractivity contribution in [1.29, 1.82) is 0 Å². The molecule has 0 fully saturated rings. The van der Waals surface area contributed by atoms with Gasteiger partial charge in [-0.1, -0.05) is 42.5 Å². The third-order valence-electron chi connectivity index (χ3n) is 3.65. The summed E-state index contributed by atoms with van der Waals surface area (Å²) in [7, 11) is 0. The lowest BCUT2D eigenvalue weighted by Crippen LogP contribution is -2.17. The summed E-state index contributed by atoms with van der Waals surface area (Å²) in [4.78, 5) is 27.0. The summed E-state index contributed by atoms with van der Waals surface area (Å²) in [6, 6.07) is 14.3. The molecule has 138 valence electrons. The van der Waals surface area contributed by atoms with Crippen LogP contribution < -0.4 is 5.32 Å². The van der Waals surface area contributed by atoms with Crippen molar-refractivity contribution in [2.45, 2.75) is 13.1 Å². The average Bonchev–Trinajstić information content (AvgIpc) is 3.09. The molecular formula is C19H13F3N2O2S. The van der Waals surface area contributed by atoms with E-state index in [9.17, 15) is 22.8 Å². The quantitative estimate of drug-likeness (QED) is 0.617. The fraction of sp³-hybridized carbons (Fsp3) is 0.105. The van der Waals surface area contributed by atoms with Gasteiger partial charge in [0.15, 0.2) is 11.5 Å². The number of hydrogen-bond acceptors (Lipinski definition) is 4. The molecule has 4 nitrogen and oxygen atoms in total. The first-order valence-corrected chi connectivity index (χ1v) is 8.63. The molecule has 3 aromatic rings. The monoisotopic (exact) mass is 390 g/mol. The zero-order valence-corrected chi connectivity index (χ0v) is 14.8. The van der Waals surface area contributed by atoms with Crippen LogP contribution in [0.1, 0.15) is 32.6 Å². The molecule has 0 saturated carbocycles. The van der Waals surface area contributed by atoms with Crippen molar-refractivity contribution < 1.29 is 22.8 Å². The Labute approximate surface area is 156 Å².